The van der Waals surface area contributed by atoms with Crippen molar-refractivity contribution in [3.63, 3.8) is 0 Å². The fourth-order valence-corrected chi connectivity index (χ4v) is 5.16. The molecule has 0 amide bonds. The largest absolute Gasteiger partial charge is 0.496 e. The van der Waals surface area contributed by atoms with Crippen molar-refractivity contribution in [2.45, 2.75) is 45.4 Å². The van der Waals surface area contributed by atoms with Crippen LogP contribution in [0.4, 0.5) is 0 Å². The lowest BCUT2D eigenvalue weighted by Crippen LogP contribution is -2.35. The summed E-state index contributed by atoms with van der Waals surface area (Å²) in [6, 6.07) is 10.6. The highest BCUT2D eigenvalue weighted by Gasteiger charge is 2.32. The van der Waals surface area contributed by atoms with Gasteiger partial charge in [0.15, 0.2) is 0 Å². The van der Waals surface area contributed by atoms with Gasteiger partial charge in [0.05, 0.1) is 13.7 Å². The third-order valence-electron chi connectivity index (χ3n) is 6.45. The fourth-order valence-electron chi connectivity index (χ4n) is 5.16. The highest BCUT2D eigenvalue weighted by molar-refractivity contribution is 6.12. The van der Waals surface area contributed by atoms with Gasteiger partial charge in [0.2, 0.25) is 0 Å². The lowest BCUT2D eigenvalue weighted by atomic mass is 9.84. The standard InChI is InChI=1S/C24H25NO4/c1-14(27)29-17-5-6-18-20-9-16-4-3-7-25(16)12-23(20)22-11-24(28-2)15(13-26)8-19(22)21(18)10-17/h5-6,8,10-11,16,26H,3-4,7,9,12-13H2,1-2H3/t16-/m0/s1. The Morgan fingerprint density at radius 2 is 1.97 bits per heavy atom. The van der Waals surface area contributed by atoms with Crippen LogP contribution in [0, 0.1) is 0 Å². The molecule has 1 atom stereocenters. The SMILES string of the molecule is COc1cc2c3c(c4ccc(OC(C)=O)cc4c2cc1CO)C[C@@H]1CCCN1C3. The predicted molar refractivity (Wildman–Crippen MR) is 112 cm³/mol. The highest BCUT2D eigenvalue weighted by atomic mass is 16.5. The summed E-state index contributed by atoms with van der Waals surface area (Å²) in [6.45, 7) is 3.43. The molecule has 29 heavy (non-hydrogen) atoms. The summed E-state index contributed by atoms with van der Waals surface area (Å²) in [5, 5.41) is 14.4. The number of fused-ring (bicyclic) bond motifs is 7. The van der Waals surface area contributed by atoms with Gasteiger partial charge >= 0.3 is 5.97 Å². The number of hydrogen-bond donors (Lipinski definition) is 1. The summed E-state index contributed by atoms with van der Waals surface area (Å²) in [6.07, 6.45) is 3.54. The van der Waals surface area contributed by atoms with Crippen molar-refractivity contribution < 1.29 is 19.4 Å². The molecule has 1 N–H and O–H groups in total. The average Bonchev–Trinajstić information content (AvgIpc) is 3.18. The number of rotatable bonds is 3. The van der Waals surface area contributed by atoms with Crippen molar-refractivity contribution in [3.8, 4) is 11.5 Å². The van der Waals surface area contributed by atoms with Gasteiger partial charge in [-0.05, 0) is 82.7 Å². The zero-order chi connectivity index (χ0) is 20.1. The third-order valence-corrected chi connectivity index (χ3v) is 6.45. The van der Waals surface area contributed by atoms with Crippen molar-refractivity contribution in [1.29, 1.82) is 0 Å². The third kappa shape index (κ3) is 2.96. The maximum absolute atomic E-state index is 11.5. The zero-order valence-corrected chi connectivity index (χ0v) is 16.8. The second-order valence-corrected chi connectivity index (χ2v) is 8.10. The number of carbonyl (C=O) groups is 1. The van der Waals surface area contributed by atoms with Crippen molar-refractivity contribution in [2.75, 3.05) is 13.7 Å². The Bertz CT molecular complexity index is 1140. The molecule has 2 aliphatic rings. The van der Waals surface area contributed by atoms with Crippen LogP contribution in [-0.4, -0.2) is 35.7 Å². The van der Waals surface area contributed by atoms with Crippen LogP contribution in [-0.2, 0) is 24.4 Å². The van der Waals surface area contributed by atoms with Gasteiger partial charge in [-0.1, -0.05) is 6.07 Å². The molecule has 5 nitrogen and oxygen atoms in total. The minimum absolute atomic E-state index is 0.0878. The van der Waals surface area contributed by atoms with Crippen molar-refractivity contribution in [3.05, 3.63) is 47.0 Å². The van der Waals surface area contributed by atoms with Crippen LogP contribution in [0.3, 0.4) is 0 Å². The molecule has 2 aliphatic heterocycles. The van der Waals surface area contributed by atoms with Gasteiger partial charge in [0.25, 0.3) is 0 Å². The van der Waals surface area contributed by atoms with E-state index in [2.05, 4.69) is 17.0 Å². The molecule has 5 heteroatoms. The van der Waals surface area contributed by atoms with Gasteiger partial charge in [0, 0.05) is 25.1 Å². The van der Waals surface area contributed by atoms with E-state index in [4.69, 9.17) is 9.47 Å². The molecule has 0 spiro atoms. The molecule has 2 heterocycles. The Labute approximate surface area is 169 Å². The number of methoxy groups -OCH3 is 1. The maximum Gasteiger partial charge on any atom is 0.308 e. The first-order chi connectivity index (χ1) is 14.1. The maximum atomic E-state index is 11.5. The van der Waals surface area contributed by atoms with E-state index in [9.17, 15) is 9.90 Å². The van der Waals surface area contributed by atoms with Gasteiger partial charge in [-0.3, -0.25) is 9.69 Å². The predicted octanol–water partition coefficient (Wildman–Crippen LogP) is 3.94. The van der Waals surface area contributed by atoms with Crippen LogP contribution in [0.5, 0.6) is 11.5 Å². The van der Waals surface area contributed by atoms with Gasteiger partial charge < -0.3 is 14.6 Å². The Morgan fingerprint density at radius 3 is 2.72 bits per heavy atom. The molecule has 1 saturated heterocycles. The van der Waals surface area contributed by atoms with E-state index in [0.29, 0.717) is 17.5 Å². The summed E-state index contributed by atoms with van der Waals surface area (Å²) in [5.41, 5.74) is 3.51. The normalized spacial score (nSPS) is 18.7. The minimum atomic E-state index is -0.328. The second kappa shape index (κ2) is 7.01. The number of esters is 1. The fraction of sp³-hybridized carbons (Fsp3) is 0.375. The van der Waals surface area contributed by atoms with Gasteiger partial charge in [-0.2, -0.15) is 0 Å². The zero-order valence-electron chi connectivity index (χ0n) is 16.8. The number of hydrogen-bond acceptors (Lipinski definition) is 5. The molecule has 0 unspecified atom stereocenters. The Balaban J connectivity index is 1.84. The first-order valence-corrected chi connectivity index (χ1v) is 10.2. The number of aliphatic hydroxyl groups is 1. The van der Waals surface area contributed by atoms with Gasteiger partial charge in [0.1, 0.15) is 11.5 Å². The topological polar surface area (TPSA) is 59.0 Å². The summed E-state index contributed by atoms with van der Waals surface area (Å²) in [4.78, 5) is 14.1. The Morgan fingerprint density at radius 1 is 1.14 bits per heavy atom. The van der Waals surface area contributed by atoms with Crippen LogP contribution in [0.25, 0.3) is 21.5 Å². The Hall–Kier alpha value is -2.63. The highest BCUT2D eigenvalue weighted by Crippen LogP contribution is 2.42. The summed E-state index contributed by atoms with van der Waals surface area (Å²) in [5.74, 6) is 0.929. The van der Waals surface area contributed by atoms with Crippen LogP contribution in [0.2, 0.25) is 0 Å². The van der Waals surface area contributed by atoms with E-state index in [0.717, 1.165) is 41.2 Å². The number of ether oxygens (including phenoxy) is 2. The van der Waals surface area contributed by atoms with Crippen LogP contribution < -0.4 is 9.47 Å². The molecule has 3 aromatic rings. The summed E-state index contributed by atoms with van der Waals surface area (Å²) >= 11 is 0. The van der Waals surface area contributed by atoms with E-state index >= 15 is 0 Å². The lowest BCUT2D eigenvalue weighted by molar-refractivity contribution is -0.131. The molecule has 0 bridgehead atoms. The van der Waals surface area contributed by atoms with Gasteiger partial charge in [-0.25, -0.2) is 0 Å². The molecule has 3 aromatic carbocycles. The van der Waals surface area contributed by atoms with Gasteiger partial charge in [-0.15, -0.1) is 0 Å². The summed E-state index contributed by atoms with van der Waals surface area (Å²) < 4.78 is 10.9. The quantitative estimate of drug-likeness (QED) is 0.416. The van der Waals surface area contributed by atoms with E-state index in [-0.39, 0.29) is 12.6 Å². The molecule has 0 radical (unpaired) electrons. The second-order valence-electron chi connectivity index (χ2n) is 8.10. The smallest absolute Gasteiger partial charge is 0.308 e. The molecule has 0 aliphatic carbocycles. The van der Waals surface area contributed by atoms with Crippen molar-refractivity contribution >= 4 is 27.5 Å². The van der Waals surface area contributed by atoms with Crippen LogP contribution in [0.1, 0.15) is 36.5 Å². The summed E-state index contributed by atoms with van der Waals surface area (Å²) in [7, 11) is 1.64. The monoisotopic (exact) mass is 391 g/mol. The van der Waals surface area contributed by atoms with E-state index in [1.807, 2.05) is 18.2 Å². The molecule has 1 fully saturated rings. The Kier molecular flexibility index (Phi) is 4.45. The molecule has 150 valence electrons. The number of aliphatic hydroxyl groups excluding tert-OH is 1. The minimum Gasteiger partial charge on any atom is -0.496 e. The molecular weight excluding hydrogens is 366 g/mol. The van der Waals surface area contributed by atoms with Crippen molar-refractivity contribution in [1.82, 2.24) is 4.90 Å². The van der Waals surface area contributed by atoms with Crippen LogP contribution >= 0.6 is 0 Å². The molecular formula is C24H25NO4. The van der Waals surface area contributed by atoms with E-state index < -0.39 is 0 Å². The molecule has 0 aromatic heterocycles. The first kappa shape index (κ1) is 18.4. The average molecular weight is 391 g/mol. The molecule has 0 saturated carbocycles. The van der Waals surface area contributed by atoms with E-state index in [1.165, 1.54) is 36.3 Å². The number of benzene rings is 3. The first-order valence-electron chi connectivity index (χ1n) is 10.2. The molecule has 5 rings (SSSR count). The lowest BCUT2D eigenvalue weighted by Gasteiger charge is -2.33. The van der Waals surface area contributed by atoms with Crippen LogP contribution in [0.15, 0.2) is 30.3 Å². The van der Waals surface area contributed by atoms with E-state index in [1.54, 1.807) is 7.11 Å². The number of carbonyl (C=O) groups excluding carboxylic acids is 1. The number of nitrogens with zero attached hydrogens (tertiary/aromatic N) is 1. The van der Waals surface area contributed by atoms with Crippen molar-refractivity contribution in [2.24, 2.45) is 0 Å².